The van der Waals surface area contributed by atoms with E-state index in [1.165, 1.54) is 0 Å². The minimum atomic E-state index is -4.48. The summed E-state index contributed by atoms with van der Waals surface area (Å²) in [4.78, 5) is 3.86. The molecule has 0 aromatic carbocycles. The Labute approximate surface area is 115 Å². The van der Waals surface area contributed by atoms with Gasteiger partial charge < -0.3 is 15.8 Å². The number of rotatable bonds is 6. The lowest BCUT2D eigenvalue weighted by Crippen LogP contribution is -2.22. The van der Waals surface area contributed by atoms with Crippen molar-refractivity contribution < 1.29 is 18.3 Å². The molecule has 114 valence electrons. The Balaban J connectivity index is 2.79. The van der Waals surface area contributed by atoms with E-state index in [4.69, 9.17) is 5.84 Å². The molecule has 0 fully saturated rings. The van der Waals surface area contributed by atoms with Crippen LogP contribution in [0.25, 0.3) is 0 Å². The summed E-state index contributed by atoms with van der Waals surface area (Å²) in [5, 5.41) is 12.4. The molecule has 5 N–H and O–H groups in total. The van der Waals surface area contributed by atoms with Gasteiger partial charge in [-0.3, -0.25) is 0 Å². The highest BCUT2D eigenvalue weighted by molar-refractivity contribution is 5.49. The largest absolute Gasteiger partial charge is 0.416 e. The topological polar surface area (TPSA) is 83.2 Å². The van der Waals surface area contributed by atoms with Gasteiger partial charge in [0.15, 0.2) is 0 Å². The van der Waals surface area contributed by atoms with Crippen LogP contribution in [0.4, 0.5) is 24.8 Å². The van der Waals surface area contributed by atoms with Crippen molar-refractivity contribution >= 4 is 11.6 Å². The van der Waals surface area contributed by atoms with Gasteiger partial charge in [-0.25, -0.2) is 10.8 Å². The third-order valence-corrected chi connectivity index (χ3v) is 2.56. The van der Waals surface area contributed by atoms with Gasteiger partial charge in [-0.05, 0) is 24.5 Å². The molecule has 0 spiro atoms. The van der Waals surface area contributed by atoms with Crippen LogP contribution in [-0.4, -0.2) is 22.7 Å². The summed E-state index contributed by atoms with van der Waals surface area (Å²) >= 11 is 0. The minimum absolute atomic E-state index is 0.00980. The molecule has 0 radical (unpaired) electrons. The minimum Gasteiger partial charge on any atom is -0.391 e. The van der Waals surface area contributed by atoms with Gasteiger partial charge in [0.2, 0.25) is 0 Å². The Kier molecular flexibility index (Phi) is 5.58. The Morgan fingerprint density at radius 2 is 1.90 bits per heavy atom. The number of nitrogens with zero attached hydrogens (tertiary/aromatic N) is 1. The van der Waals surface area contributed by atoms with Crippen molar-refractivity contribution in [1.29, 1.82) is 0 Å². The third-order valence-electron chi connectivity index (χ3n) is 2.56. The Bertz CT molecular complexity index is 437. The summed E-state index contributed by atoms with van der Waals surface area (Å²) in [6, 6.07) is 1.69. The van der Waals surface area contributed by atoms with Crippen molar-refractivity contribution in [2.45, 2.75) is 32.5 Å². The van der Waals surface area contributed by atoms with Crippen molar-refractivity contribution in [3.05, 3.63) is 17.7 Å². The van der Waals surface area contributed by atoms with E-state index in [0.29, 0.717) is 12.3 Å². The van der Waals surface area contributed by atoms with E-state index in [2.05, 4.69) is 15.7 Å². The fourth-order valence-electron chi connectivity index (χ4n) is 1.71. The number of halogens is 3. The molecule has 1 aromatic rings. The number of alkyl halides is 3. The maximum absolute atomic E-state index is 12.7. The number of pyridine rings is 1. The average Bonchev–Trinajstić information content (AvgIpc) is 2.34. The number of nitrogens with two attached hydrogens (primary N) is 1. The van der Waals surface area contributed by atoms with E-state index in [1.807, 2.05) is 13.8 Å². The fourth-order valence-corrected chi connectivity index (χ4v) is 1.71. The van der Waals surface area contributed by atoms with Gasteiger partial charge in [0, 0.05) is 6.54 Å². The van der Waals surface area contributed by atoms with Crippen LogP contribution < -0.4 is 16.6 Å². The molecular formula is C12H19F3N4O. The van der Waals surface area contributed by atoms with Crippen LogP contribution in [0.15, 0.2) is 12.1 Å². The van der Waals surface area contributed by atoms with Crippen LogP contribution in [-0.2, 0) is 6.18 Å². The second-order valence-corrected chi connectivity index (χ2v) is 4.93. The molecule has 0 saturated carbocycles. The normalized spacial score (nSPS) is 13.4. The molecule has 20 heavy (non-hydrogen) atoms. The molecule has 0 aliphatic rings. The highest BCUT2D eigenvalue weighted by Crippen LogP contribution is 2.31. The number of aliphatic hydroxyl groups excluding tert-OH is 1. The molecule has 0 amide bonds. The molecule has 1 heterocycles. The molecule has 0 bridgehead atoms. The van der Waals surface area contributed by atoms with Crippen LogP contribution in [0, 0.1) is 5.92 Å². The van der Waals surface area contributed by atoms with Crippen LogP contribution in [0.5, 0.6) is 0 Å². The molecule has 1 rings (SSSR count). The van der Waals surface area contributed by atoms with Gasteiger partial charge in [0.1, 0.15) is 11.6 Å². The highest BCUT2D eigenvalue weighted by atomic mass is 19.4. The Morgan fingerprint density at radius 3 is 2.40 bits per heavy atom. The first-order valence-electron chi connectivity index (χ1n) is 6.20. The van der Waals surface area contributed by atoms with Crippen molar-refractivity contribution in [2.24, 2.45) is 11.8 Å². The van der Waals surface area contributed by atoms with Crippen molar-refractivity contribution in [3.8, 4) is 0 Å². The van der Waals surface area contributed by atoms with E-state index < -0.39 is 17.8 Å². The van der Waals surface area contributed by atoms with Gasteiger partial charge >= 0.3 is 6.18 Å². The number of nitrogens with one attached hydrogen (secondary N) is 2. The first-order valence-corrected chi connectivity index (χ1v) is 6.20. The molecule has 8 heteroatoms. The zero-order chi connectivity index (χ0) is 15.3. The predicted molar refractivity (Wildman–Crippen MR) is 71.0 cm³/mol. The first kappa shape index (κ1) is 16.5. The first-order chi connectivity index (χ1) is 9.22. The summed E-state index contributed by atoms with van der Waals surface area (Å²) in [5.74, 6) is 5.30. The third kappa shape index (κ3) is 5.22. The maximum Gasteiger partial charge on any atom is 0.416 e. The summed E-state index contributed by atoms with van der Waals surface area (Å²) < 4.78 is 38.0. The van der Waals surface area contributed by atoms with Crippen LogP contribution >= 0.6 is 0 Å². The molecule has 0 aliphatic carbocycles. The molecule has 1 unspecified atom stereocenters. The standard InChI is InChI=1S/C12H19F3N4O/c1-7(2)3-9(20)6-17-10-4-8(12(13,14)15)5-11(18-10)19-16/h4-5,7,9,20H,3,6,16H2,1-2H3,(H2,17,18,19). The molecule has 5 nitrogen and oxygen atoms in total. The van der Waals surface area contributed by atoms with Crippen molar-refractivity contribution in [3.63, 3.8) is 0 Å². The predicted octanol–water partition coefficient (Wildman–Crippen LogP) is 2.20. The Morgan fingerprint density at radius 1 is 1.30 bits per heavy atom. The second-order valence-electron chi connectivity index (χ2n) is 4.93. The van der Waals surface area contributed by atoms with E-state index in [-0.39, 0.29) is 18.2 Å². The Hall–Kier alpha value is -1.54. The van der Waals surface area contributed by atoms with Gasteiger partial charge in [-0.2, -0.15) is 13.2 Å². The lowest BCUT2D eigenvalue weighted by molar-refractivity contribution is -0.137. The summed E-state index contributed by atoms with van der Waals surface area (Å²) in [5.41, 5.74) is 1.23. The second kappa shape index (κ2) is 6.76. The van der Waals surface area contributed by atoms with Crippen LogP contribution in [0.2, 0.25) is 0 Å². The summed E-state index contributed by atoms with van der Waals surface area (Å²) in [6.07, 6.45) is -4.59. The molecule has 0 saturated heterocycles. The zero-order valence-corrected chi connectivity index (χ0v) is 11.3. The van der Waals surface area contributed by atoms with Crippen LogP contribution in [0.3, 0.4) is 0 Å². The molecule has 1 atom stereocenters. The number of hydrogen-bond acceptors (Lipinski definition) is 5. The highest BCUT2D eigenvalue weighted by Gasteiger charge is 2.31. The van der Waals surface area contributed by atoms with Gasteiger partial charge in [0.25, 0.3) is 0 Å². The SMILES string of the molecule is CC(C)CC(O)CNc1cc(C(F)(F)F)cc(NN)n1. The zero-order valence-electron chi connectivity index (χ0n) is 11.3. The quantitative estimate of drug-likeness (QED) is 0.477. The number of hydrazine groups is 1. The van der Waals surface area contributed by atoms with Gasteiger partial charge in [-0.15, -0.1) is 0 Å². The lowest BCUT2D eigenvalue weighted by atomic mass is 10.1. The van der Waals surface area contributed by atoms with Crippen LogP contribution in [0.1, 0.15) is 25.8 Å². The maximum atomic E-state index is 12.7. The monoisotopic (exact) mass is 292 g/mol. The van der Waals surface area contributed by atoms with Crippen molar-refractivity contribution in [2.75, 3.05) is 17.3 Å². The summed E-state index contributed by atoms with van der Waals surface area (Å²) in [6.45, 7) is 4.01. The van der Waals surface area contributed by atoms with Gasteiger partial charge in [-0.1, -0.05) is 13.8 Å². The van der Waals surface area contributed by atoms with Crippen molar-refractivity contribution in [1.82, 2.24) is 4.98 Å². The smallest absolute Gasteiger partial charge is 0.391 e. The van der Waals surface area contributed by atoms with E-state index in [0.717, 1.165) is 12.1 Å². The molecular weight excluding hydrogens is 273 g/mol. The molecule has 0 aliphatic heterocycles. The average molecular weight is 292 g/mol. The number of nitrogen functional groups attached to an aromatic ring is 1. The molecule has 1 aromatic heterocycles. The fraction of sp³-hybridized carbons (Fsp3) is 0.583. The van der Waals surface area contributed by atoms with E-state index in [9.17, 15) is 18.3 Å². The number of aromatic nitrogens is 1. The number of aliphatic hydroxyl groups is 1. The van der Waals surface area contributed by atoms with E-state index >= 15 is 0 Å². The van der Waals surface area contributed by atoms with E-state index in [1.54, 1.807) is 0 Å². The number of hydrogen-bond donors (Lipinski definition) is 4. The summed E-state index contributed by atoms with van der Waals surface area (Å²) in [7, 11) is 0. The lowest BCUT2D eigenvalue weighted by Gasteiger charge is -2.16. The number of anilines is 2. The van der Waals surface area contributed by atoms with Gasteiger partial charge in [0.05, 0.1) is 11.7 Å².